The summed E-state index contributed by atoms with van der Waals surface area (Å²) in [5.41, 5.74) is 0. The molecule has 0 fully saturated rings. The van der Waals surface area contributed by atoms with Gasteiger partial charge in [-0.15, -0.1) is 0 Å². The summed E-state index contributed by atoms with van der Waals surface area (Å²) in [5, 5.41) is 44.4. The first-order chi connectivity index (χ1) is 7.60. The molecule has 0 rings (SSSR count). The van der Waals surface area contributed by atoms with Crippen LogP contribution in [0.25, 0.3) is 0 Å². The zero-order valence-electron chi connectivity index (χ0n) is 10.2. The van der Waals surface area contributed by atoms with Crippen molar-refractivity contribution in [3.63, 3.8) is 0 Å². The van der Waals surface area contributed by atoms with Gasteiger partial charge in [0.15, 0.2) is 6.10 Å². The molecule has 0 unspecified atom stereocenters. The number of carbonyl (C=O) groups excluding carboxylic acids is 1. The SMILES string of the molecule is O=C(OP(=O)([O-])[O-])[C@H](O)[C@@H](O)[C@H](O)[C@H](O)CO.[Na+].[Na+]. The summed E-state index contributed by atoms with van der Waals surface area (Å²) in [7, 11) is -5.69. The molecule has 0 bridgehead atoms. The van der Waals surface area contributed by atoms with Crippen molar-refractivity contribution in [3.8, 4) is 0 Å². The van der Waals surface area contributed by atoms with Gasteiger partial charge < -0.3 is 44.4 Å². The summed E-state index contributed by atoms with van der Waals surface area (Å²) in [4.78, 5) is 30.8. The Bertz CT molecular complexity index is 308. The molecule has 0 saturated carbocycles. The Kier molecular flexibility index (Phi) is 14.8. The molecular weight excluding hydrogens is 309 g/mol. The van der Waals surface area contributed by atoms with E-state index in [2.05, 4.69) is 4.52 Å². The minimum atomic E-state index is -5.69. The normalized spacial score (nSPS) is 17.2. The van der Waals surface area contributed by atoms with Crippen molar-refractivity contribution in [1.82, 2.24) is 0 Å². The number of hydrogen-bond donors (Lipinski definition) is 5. The molecule has 0 amide bonds. The maximum absolute atomic E-state index is 10.8. The molecule has 0 aromatic carbocycles. The third-order valence-electron chi connectivity index (χ3n) is 1.70. The molecule has 0 aromatic rings. The number of hydrogen-bond acceptors (Lipinski definition) is 10. The monoisotopic (exact) mass is 320 g/mol. The van der Waals surface area contributed by atoms with E-state index in [1.807, 2.05) is 0 Å². The molecule has 5 N–H and O–H groups in total. The van der Waals surface area contributed by atoms with E-state index < -0.39 is 44.8 Å². The maximum atomic E-state index is 10.8. The quantitative estimate of drug-likeness (QED) is 0.232. The van der Waals surface area contributed by atoms with Crippen LogP contribution >= 0.6 is 7.82 Å². The smallest absolute Gasteiger partial charge is 0.780 e. The second-order valence-corrected chi connectivity index (χ2v) is 4.11. The zero-order valence-corrected chi connectivity index (χ0v) is 15.1. The molecule has 0 spiro atoms. The van der Waals surface area contributed by atoms with E-state index in [0.29, 0.717) is 0 Å². The first-order valence-corrected chi connectivity index (χ1v) is 5.65. The van der Waals surface area contributed by atoms with Gasteiger partial charge in [0.25, 0.3) is 0 Å². The van der Waals surface area contributed by atoms with Crippen LogP contribution < -0.4 is 68.9 Å². The second kappa shape index (κ2) is 11.0. The van der Waals surface area contributed by atoms with Crippen LogP contribution in [0.4, 0.5) is 0 Å². The number of aliphatic hydroxyl groups is 5. The van der Waals surface area contributed by atoms with E-state index >= 15 is 0 Å². The van der Waals surface area contributed by atoms with Gasteiger partial charge in [0, 0.05) is 0 Å². The third kappa shape index (κ3) is 9.88. The fraction of sp³-hybridized carbons (Fsp3) is 0.833. The molecule has 0 saturated heterocycles. The standard InChI is InChI=1S/C6H13O10P.2Na/c7-1-2(8)3(9)4(10)5(11)6(12)16-17(13,14)15;;/h2-5,7-11H,1H2,(H2,13,14,15);;/q;2*+1/p-2/t2-,3-,4+,5-;;/m1../s1. The summed E-state index contributed by atoms with van der Waals surface area (Å²) >= 11 is 0. The Morgan fingerprint density at radius 1 is 1.11 bits per heavy atom. The number of phosphoric ester groups is 1. The third-order valence-corrected chi connectivity index (χ3v) is 2.10. The van der Waals surface area contributed by atoms with Crippen LogP contribution in [0.15, 0.2) is 0 Å². The van der Waals surface area contributed by atoms with Crippen LogP contribution in [0, 0.1) is 0 Å². The topological polar surface area (TPSA) is 191 Å². The van der Waals surface area contributed by atoms with Gasteiger partial charge in [-0.1, -0.05) is 0 Å². The van der Waals surface area contributed by atoms with E-state index in [1.54, 1.807) is 0 Å². The van der Waals surface area contributed by atoms with Crippen molar-refractivity contribution in [2.45, 2.75) is 24.4 Å². The fourth-order valence-electron chi connectivity index (χ4n) is 0.826. The average molecular weight is 320 g/mol. The first-order valence-electron chi connectivity index (χ1n) is 4.18. The van der Waals surface area contributed by atoms with Crippen molar-refractivity contribution >= 4 is 13.8 Å². The Morgan fingerprint density at radius 3 is 1.84 bits per heavy atom. The van der Waals surface area contributed by atoms with Crippen molar-refractivity contribution in [2.75, 3.05) is 6.61 Å². The van der Waals surface area contributed by atoms with E-state index in [0.717, 1.165) is 0 Å². The van der Waals surface area contributed by atoms with Crippen LogP contribution in [-0.2, 0) is 13.9 Å². The fourth-order valence-corrected chi connectivity index (χ4v) is 1.15. The molecule has 4 atom stereocenters. The average Bonchev–Trinajstić information content (AvgIpc) is 2.22. The van der Waals surface area contributed by atoms with Crippen LogP contribution in [0.3, 0.4) is 0 Å². The van der Waals surface area contributed by atoms with E-state index in [-0.39, 0.29) is 59.1 Å². The Morgan fingerprint density at radius 2 is 1.53 bits per heavy atom. The Labute approximate surface area is 152 Å². The van der Waals surface area contributed by atoms with Crippen LogP contribution in [0.5, 0.6) is 0 Å². The second-order valence-electron chi connectivity index (χ2n) is 3.03. The van der Waals surface area contributed by atoms with Gasteiger partial charge in [-0.05, 0) is 0 Å². The summed E-state index contributed by atoms with van der Waals surface area (Å²) in [5.74, 6) is -2.00. The number of phosphoric acid groups is 1. The van der Waals surface area contributed by atoms with Gasteiger partial charge in [-0.25, -0.2) is 4.79 Å². The van der Waals surface area contributed by atoms with Crippen LogP contribution in [0.2, 0.25) is 0 Å². The van der Waals surface area contributed by atoms with E-state index in [1.165, 1.54) is 0 Å². The number of carbonyl (C=O) groups is 1. The van der Waals surface area contributed by atoms with Crippen LogP contribution in [-0.4, -0.2) is 62.5 Å². The minimum absolute atomic E-state index is 0. The summed E-state index contributed by atoms with van der Waals surface area (Å²) in [6.45, 7) is -0.985. The van der Waals surface area contributed by atoms with Crippen molar-refractivity contribution in [1.29, 1.82) is 0 Å². The molecule has 0 radical (unpaired) electrons. The Hall–Kier alpha value is 1.42. The van der Waals surface area contributed by atoms with Gasteiger partial charge in [0.1, 0.15) is 26.1 Å². The van der Waals surface area contributed by atoms with Crippen LogP contribution in [0.1, 0.15) is 0 Å². The predicted octanol–water partition coefficient (Wildman–Crippen LogP) is -11.2. The molecule has 10 nitrogen and oxygen atoms in total. The van der Waals surface area contributed by atoms with Gasteiger partial charge >= 0.3 is 65.1 Å². The zero-order chi connectivity index (χ0) is 13.8. The molecular formula is C6H11Na2O10P. The predicted molar refractivity (Wildman–Crippen MR) is 44.8 cm³/mol. The van der Waals surface area contributed by atoms with Crippen molar-refractivity contribution < 1.29 is 108 Å². The summed E-state index contributed by atoms with van der Waals surface area (Å²) in [6, 6.07) is 0. The Balaban J connectivity index is -0.00000128. The summed E-state index contributed by atoms with van der Waals surface area (Å²) < 4.78 is 13.2. The number of rotatable bonds is 6. The van der Waals surface area contributed by atoms with Gasteiger partial charge in [-0.3, -0.25) is 0 Å². The minimum Gasteiger partial charge on any atom is -0.780 e. The molecule has 102 valence electrons. The van der Waals surface area contributed by atoms with Gasteiger partial charge in [-0.2, -0.15) is 0 Å². The molecule has 13 heteroatoms. The molecule has 0 aromatic heterocycles. The van der Waals surface area contributed by atoms with Gasteiger partial charge in [0.2, 0.25) is 0 Å². The number of aliphatic hydroxyl groups excluding tert-OH is 5. The largest absolute Gasteiger partial charge is 1.00 e. The van der Waals surface area contributed by atoms with Gasteiger partial charge in [0.05, 0.1) is 6.61 Å². The first kappa shape index (κ1) is 25.4. The molecule has 19 heavy (non-hydrogen) atoms. The van der Waals surface area contributed by atoms with E-state index in [9.17, 15) is 19.1 Å². The van der Waals surface area contributed by atoms with E-state index in [4.69, 9.17) is 25.5 Å². The molecule has 0 heterocycles. The molecule has 0 aliphatic rings. The van der Waals surface area contributed by atoms with Crippen molar-refractivity contribution in [2.24, 2.45) is 0 Å². The maximum Gasteiger partial charge on any atom is 1.00 e. The molecule has 0 aliphatic heterocycles. The molecule has 0 aliphatic carbocycles. The summed E-state index contributed by atoms with van der Waals surface area (Å²) in [6.07, 6.45) is -8.92. The van der Waals surface area contributed by atoms with Crippen molar-refractivity contribution in [3.05, 3.63) is 0 Å².